The van der Waals surface area contributed by atoms with Crippen molar-refractivity contribution >= 4 is 5.57 Å². The van der Waals surface area contributed by atoms with Crippen molar-refractivity contribution in [3.63, 3.8) is 0 Å². The fraction of sp³-hybridized carbons (Fsp3) is 0.467. The highest BCUT2D eigenvalue weighted by molar-refractivity contribution is 5.65. The number of benzene rings is 1. The predicted molar refractivity (Wildman–Crippen MR) is 70.3 cm³/mol. The topological polar surface area (TPSA) is 20.2 Å². The van der Waals surface area contributed by atoms with Crippen molar-refractivity contribution in [3.05, 3.63) is 42.0 Å². The zero-order chi connectivity index (χ0) is 11.6. The van der Waals surface area contributed by atoms with E-state index >= 15 is 0 Å². The lowest BCUT2D eigenvalue weighted by atomic mass is 10.0. The maximum Gasteiger partial charge on any atom is 0.0684 e. The zero-order valence-corrected chi connectivity index (χ0v) is 10.2. The van der Waals surface area contributed by atoms with E-state index < -0.39 is 0 Å². The molecule has 0 heterocycles. The van der Waals surface area contributed by atoms with Gasteiger partial charge >= 0.3 is 0 Å². The molecule has 0 fully saturated rings. The number of aliphatic hydroxyl groups is 1. The van der Waals surface area contributed by atoms with Crippen molar-refractivity contribution in [2.24, 2.45) is 0 Å². The molecule has 1 heteroatoms. The van der Waals surface area contributed by atoms with Crippen LogP contribution in [-0.4, -0.2) is 11.7 Å². The van der Waals surface area contributed by atoms with Gasteiger partial charge in [-0.05, 0) is 24.0 Å². The van der Waals surface area contributed by atoms with Gasteiger partial charge in [-0.15, -0.1) is 0 Å². The molecule has 0 saturated heterocycles. The summed E-state index contributed by atoms with van der Waals surface area (Å²) >= 11 is 0. The zero-order valence-electron chi connectivity index (χ0n) is 10.2. The number of allylic oxidation sites excluding steroid dienone is 1. The molecule has 0 amide bonds. The smallest absolute Gasteiger partial charge is 0.0684 e. The van der Waals surface area contributed by atoms with E-state index in [0.29, 0.717) is 0 Å². The summed E-state index contributed by atoms with van der Waals surface area (Å²) in [6.07, 6.45) is 8.35. The van der Waals surface area contributed by atoms with Crippen LogP contribution in [0.1, 0.15) is 44.6 Å². The second kappa shape index (κ2) is 8.12. The third-order valence-electron chi connectivity index (χ3n) is 2.76. The molecule has 1 nitrogen and oxygen atoms in total. The Morgan fingerprint density at radius 3 is 2.50 bits per heavy atom. The Morgan fingerprint density at radius 1 is 1.12 bits per heavy atom. The Morgan fingerprint density at radius 2 is 1.88 bits per heavy atom. The third kappa shape index (κ3) is 4.63. The van der Waals surface area contributed by atoms with Crippen LogP contribution < -0.4 is 0 Å². The number of unbranched alkanes of at least 4 members (excludes halogenated alkanes) is 4. The van der Waals surface area contributed by atoms with E-state index in [2.05, 4.69) is 13.0 Å². The third-order valence-corrected chi connectivity index (χ3v) is 2.76. The first kappa shape index (κ1) is 13.0. The van der Waals surface area contributed by atoms with E-state index in [-0.39, 0.29) is 6.61 Å². The van der Waals surface area contributed by atoms with Gasteiger partial charge in [0.2, 0.25) is 0 Å². The summed E-state index contributed by atoms with van der Waals surface area (Å²) in [4.78, 5) is 0. The Kier molecular flexibility index (Phi) is 6.59. The van der Waals surface area contributed by atoms with Crippen LogP contribution >= 0.6 is 0 Å². The molecule has 0 unspecified atom stereocenters. The molecule has 0 bridgehead atoms. The second-order valence-corrected chi connectivity index (χ2v) is 4.10. The van der Waals surface area contributed by atoms with E-state index in [9.17, 15) is 5.11 Å². The molecule has 0 radical (unpaired) electrons. The molecule has 1 N–H and O–H groups in total. The minimum atomic E-state index is 0.137. The molecule has 1 aromatic rings. The van der Waals surface area contributed by atoms with Crippen molar-refractivity contribution in [2.75, 3.05) is 6.61 Å². The largest absolute Gasteiger partial charge is 0.392 e. The second-order valence-electron chi connectivity index (χ2n) is 4.10. The highest BCUT2D eigenvalue weighted by Crippen LogP contribution is 2.15. The first-order chi connectivity index (χ1) is 7.88. The molecule has 0 aliphatic heterocycles. The number of hydrogen-bond donors (Lipinski definition) is 1. The average molecular weight is 218 g/mol. The van der Waals surface area contributed by atoms with E-state index in [1.54, 1.807) is 0 Å². The average Bonchev–Trinajstić information content (AvgIpc) is 2.35. The quantitative estimate of drug-likeness (QED) is 0.685. The maximum atomic E-state index is 9.31. The van der Waals surface area contributed by atoms with Crippen molar-refractivity contribution in [3.8, 4) is 0 Å². The molecule has 16 heavy (non-hydrogen) atoms. The Bertz CT molecular complexity index is 300. The SMILES string of the molecule is CCCCCC/C=C(/CO)c1ccccc1. The predicted octanol–water partition coefficient (Wildman–Crippen LogP) is 4.03. The van der Waals surface area contributed by atoms with Gasteiger partial charge in [-0.3, -0.25) is 0 Å². The van der Waals surface area contributed by atoms with Crippen LogP contribution in [0.15, 0.2) is 36.4 Å². The molecule has 0 aliphatic carbocycles. The standard InChI is InChI=1S/C15H22O/c1-2-3-4-5-7-12-15(13-16)14-10-8-6-9-11-14/h6,8-12,16H,2-5,7,13H2,1H3/b15-12-. The lowest BCUT2D eigenvalue weighted by Gasteiger charge is -2.04. The van der Waals surface area contributed by atoms with Gasteiger partial charge < -0.3 is 5.11 Å². The molecule has 1 rings (SSSR count). The van der Waals surface area contributed by atoms with E-state index in [1.807, 2.05) is 30.3 Å². The van der Waals surface area contributed by atoms with Gasteiger partial charge in [0.15, 0.2) is 0 Å². The van der Waals surface area contributed by atoms with E-state index in [1.165, 1.54) is 25.7 Å². The maximum absolute atomic E-state index is 9.31. The highest BCUT2D eigenvalue weighted by Gasteiger charge is 1.98. The summed E-state index contributed by atoms with van der Waals surface area (Å²) in [6.45, 7) is 2.36. The lowest BCUT2D eigenvalue weighted by molar-refractivity contribution is 0.350. The summed E-state index contributed by atoms with van der Waals surface area (Å²) < 4.78 is 0. The van der Waals surface area contributed by atoms with Gasteiger partial charge in [-0.25, -0.2) is 0 Å². The molecule has 88 valence electrons. The Balaban J connectivity index is 2.45. The van der Waals surface area contributed by atoms with E-state index in [4.69, 9.17) is 0 Å². The van der Waals surface area contributed by atoms with Crippen molar-refractivity contribution in [2.45, 2.75) is 39.0 Å². The van der Waals surface area contributed by atoms with Gasteiger partial charge in [0.25, 0.3) is 0 Å². The Labute approximate surface area is 98.8 Å². The van der Waals surface area contributed by atoms with Crippen LogP contribution in [0.25, 0.3) is 5.57 Å². The van der Waals surface area contributed by atoms with Crippen LogP contribution in [0.4, 0.5) is 0 Å². The molecular formula is C15H22O. The number of aliphatic hydroxyl groups excluding tert-OH is 1. The fourth-order valence-electron chi connectivity index (χ4n) is 1.77. The molecular weight excluding hydrogens is 196 g/mol. The van der Waals surface area contributed by atoms with Crippen molar-refractivity contribution in [1.82, 2.24) is 0 Å². The van der Waals surface area contributed by atoms with Gasteiger partial charge in [0.05, 0.1) is 6.61 Å². The summed E-state index contributed by atoms with van der Waals surface area (Å²) in [5, 5.41) is 9.31. The van der Waals surface area contributed by atoms with Gasteiger partial charge in [0.1, 0.15) is 0 Å². The van der Waals surface area contributed by atoms with Crippen molar-refractivity contribution in [1.29, 1.82) is 0 Å². The van der Waals surface area contributed by atoms with Crippen LogP contribution in [0.2, 0.25) is 0 Å². The van der Waals surface area contributed by atoms with Crippen LogP contribution in [-0.2, 0) is 0 Å². The minimum absolute atomic E-state index is 0.137. The summed E-state index contributed by atoms with van der Waals surface area (Å²) in [6, 6.07) is 10.1. The molecule has 0 aliphatic rings. The first-order valence-electron chi connectivity index (χ1n) is 6.23. The highest BCUT2D eigenvalue weighted by atomic mass is 16.3. The normalized spacial score (nSPS) is 11.8. The number of rotatable bonds is 7. The van der Waals surface area contributed by atoms with Crippen LogP contribution in [0.5, 0.6) is 0 Å². The van der Waals surface area contributed by atoms with Gasteiger partial charge in [-0.1, -0.05) is 62.6 Å². The lowest BCUT2D eigenvalue weighted by Crippen LogP contribution is -1.90. The van der Waals surface area contributed by atoms with E-state index in [0.717, 1.165) is 17.6 Å². The first-order valence-corrected chi connectivity index (χ1v) is 6.23. The molecule has 1 aromatic carbocycles. The summed E-state index contributed by atoms with van der Waals surface area (Å²) in [7, 11) is 0. The van der Waals surface area contributed by atoms with Gasteiger partial charge in [-0.2, -0.15) is 0 Å². The molecule has 0 saturated carbocycles. The van der Waals surface area contributed by atoms with Gasteiger partial charge in [0, 0.05) is 0 Å². The summed E-state index contributed by atoms with van der Waals surface area (Å²) in [5.74, 6) is 0. The Hall–Kier alpha value is -1.08. The van der Waals surface area contributed by atoms with Crippen LogP contribution in [0, 0.1) is 0 Å². The van der Waals surface area contributed by atoms with Crippen LogP contribution in [0.3, 0.4) is 0 Å². The molecule has 0 aromatic heterocycles. The summed E-state index contributed by atoms with van der Waals surface area (Å²) in [5.41, 5.74) is 2.19. The minimum Gasteiger partial charge on any atom is -0.392 e. The number of hydrogen-bond acceptors (Lipinski definition) is 1. The fourth-order valence-corrected chi connectivity index (χ4v) is 1.77. The molecule has 0 atom stereocenters. The monoisotopic (exact) mass is 218 g/mol. The molecule has 0 spiro atoms. The van der Waals surface area contributed by atoms with Crippen molar-refractivity contribution < 1.29 is 5.11 Å².